The highest BCUT2D eigenvalue weighted by molar-refractivity contribution is 6.30. The van der Waals surface area contributed by atoms with Gasteiger partial charge < -0.3 is 24.1 Å². The number of hydrogen-bond donors (Lipinski definition) is 2. The molecule has 4 aromatic rings. The molecule has 39 heavy (non-hydrogen) atoms. The molecule has 1 saturated heterocycles. The summed E-state index contributed by atoms with van der Waals surface area (Å²) in [4.78, 5) is 30.2. The monoisotopic (exact) mass is 552 g/mol. The van der Waals surface area contributed by atoms with E-state index in [2.05, 4.69) is 30.5 Å². The maximum Gasteiger partial charge on any atom is 0.352 e. The van der Waals surface area contributed by atoms with Gasteiger partial charge >= 0.3 is 5.97 Å². The van der Waals surface area contributed by atoms with Crippen molar-refractivity contribution < 1.29 is 23.8 Å². The van der Waals surface area contributed by atoms with Crippen LogP contribution < -0.4 is 4.74 Å². The first-order valence-electron chi connectivity index (χ1n) is 12.7. The molecule has 0 aliphatic carbocycles. The number of carboxylic acid groups (broad SMARTS) is 1. The van der Waals surface area contributed by atoms with Gasteiger partial charge in [0.2, 0.25) is 5.88 Å². The molecule has 0 amide bonds. The van der Waals surface area contributed by atoms with Crippen molar-refractivity contribution in [3.05, 3.63) is 76.4 Å². The average molecular weight is 553 g/mol. The minimum atomic E-state index is -1.01. The van der Waals surface area contributed by atoms with Crippen LogP contribution in [0, 0.1) is 5.82 Å². The molecule has 202 valence electrons. The number of fused-ring (bicyclic) bond motifs is 1. The minimum Gasteiger partial charge on any atom is -0.477 e. The second-order valence-electron chi connectivity index (χ2n) is 9.60. The molecule has 5 heterocycles. The number of rotatable bonds is 9. The van der Waals surface area contributed by atoms with Crippen molar-refractivity contribution in [2.45, 2.75) is 38.6 Å². The van der Waals surface area contributed by atoms with Gasteiger partial charge in [0.1, 0.15) is 23.9 Å². The van der Waals surface area contributed by atoms with E-state index in [1.54, 1.807) is 30.5 Å². The van der Waals surface area contributed by atoms with Crippen LogP contribution in [0.1, 0.15) is 40.5 Å². The van der Waals surface area contributed by atoms with Crippen LogP contribution in [0.2, 0.25) is 5.02 Å². The molecule has 1 unspecified atom stereocenters. The lowest BCUT2D eigenvalue weighted by Crippen LogP contribution is -2.33. The first kappa shape index (κ1) is 25.5. The highest BCUT2D eigenvalue weighted by Gasteiger charge is 2.25. The largest absolute Gasteiger partial charge is 0.477 e. The van der Waals surface area contributed by atoms with E-state index in [1.807, 2.05) is 0 Å². The highest BCUT2D eigenvalue weighted by atomic mass is 35.5. The second kappa shape index (κ2) is 10.8. The van der Waals surface area contributed by atoms with E-state index in [9.17, 15) is 14.3 Å². The zero-order chi connectivity index (χ0) is 26.9. The summed E-state index contributed by atoms with van der Waals surface area (Å²) in [5, 5.41) is 9.69. The van der Waals surface area contributed by atoms with Crippen LogP contribution in [0.4, 0.5) is 4.39 Å². The molecule has 0 spiro atoms. The predicted molar refractivity (Wildman–Crippen MR) is 141 cm³/mol. The normalized spacial score (nSPS) is 17.7. The van der Waals surface area contributed by atoms with E-state index in [4.69, 9.17) is 26.1 Å². The zero-order valence-corrected chi connectivity index (χ0v) is 21.7. The van der Waals surface area contributed by atoms with Gasteiger partial charge in [-0.2, -0.15) is 4.98 Å². The third kappa shape index (κ3) is 5.51. The lowest BCUT2D eigenvalue weighted by molar-refractivity contribution is -0.0591. The number of aromatic nitrogens is 5. The summed E-state index contributed by atoms with van der Waals surface area (Å²) in [5.74, 6) is 0.382. The third-order valence-corrected chi connectivity index (χ3v) is 7.23. The standard InChI is InChI=1S/C27H26ClFN6O4/c28-18-2-1-17(20(29)11-18)15-39-24-3-7-30-25(33-24)16-4-8-34(9-5-16)14-23-32-26-22(12-21(31-26)27(36)37)35(23)13-19-6-10-38-19/h1-4,7,11-12,19,31H,5-6,8-10,13-15H2,(H,36,37). The molecule has 0 saturated carbocycles. The molecule has 1 aromatic carbocycles. The number of nitrogens with zero attached hydrogens (tertiary/aromatic N) is 5. The smallest absolute Gasteiger partial charge is 0.352 e. The Bertz CT molecular complexity index is 1560. The summed E-state index contributed by atoms with van der Waals surface area (Å²) in [5.41, 5.74) is 2.87. The summed E-state index contributed by atoms with van der Waals surface area (Å²) in [6, 6.07) is 7.75. The molecule has 2 N–H and O–H groups in total. The Morgan fingerprint density at radius 2 is 2.15 bits per heavy atom. The zero-order valence-electron chi connectivity index (χ0n) is 20.9. The molecule has 10 nitrogen and oxygen atoms in total. The van der Waals surface area contributed by atoms with E-state index in [0.29, 0.717) is 47.6 Å². The molecule has 6 rings (SSSR count). The summed E-state index contributed by atoms with van der Waals surface area (Å²) in [6.45, 7) is 3.48. The second-order valence-corrected chi connectivity index (χ2v) is 10.0. The van der Waals surface area contributed by atoms with Crippen LogP contribution in [-0.2, 0) is 24.4 Å². The van der Waals surface area contributed by atoms with E-state index >= 15 is 0 Å². The molecule has 12 heteroatoms. The molecule has 1 atom stereocenters. The minimum absolute atomic E-state index is 0.0345. The van der Waals surface area contributed by atoms with Gasteiger partial charge in [0.15, 0.2) is 11.5 Å². The van der Waals surface area contributed by atoms with Gasteiger partial charge in [-0.3, -0.25) is 4.90 Å². The first-order valence-corrected chi connectivity index (χ1v) is 13.1. The summed E-state index contributed by atoms with van der Waals surface area (Å²) in [6.07, 6.45) is 5.55. The Labute approximate surface area is 228 Å². The number of ether oxygens (including phenoxy) is 2. The molecule has 2 aliphatic heterocycles. The van der Waals surface area contributed by atoms with Gasteiger partial charge in [-0.15, -0.1) is 0 Å². The topological polar surface area (TPSA) is 118 Å². The molecule has 1 fully saturated rings. The van der Waals surface area contributed by atoms with Crippen molar-refractivity contribution in [3.63, 3.8) is 0 Å². The van der Waals surface area contributed by atoms with Crippen LogP contribution >= 0.6 is 11.6 Å². The van der Waals surface area contributed by atoms with Gasteiger partial charge in [0, 0.05) is 42.5 Å². The van der Waals surface area contributed by atoms with Crippen LogP contribution in [0.25, 0.3) is 16.7 Å². The lowest BCUT2D eigenvalue weighted by Gasteiger charge is -2.29. The van der Waals surface area contributed by atoms with Crippen molar-refractivity contribution in [1.29, 1.82) is 0 Å². The third-order valence-electron chi connectivity index (χ3n) is 7.00. The number of carboxylic acids is 1. The Balaban J connectivity index is 1.13. The Hall–Kier alpha value is -3.80. The van der Waals surface area contributed by atoms with Crippen molar-refractivity contribution >= 4 is 34.3 Å². The van der Waals surface area contributed by atoms with E-state index in [0.717, 1.165) is 42.9 Å². The molecular weight excluding hydrogens is 527 g/mol. The van der Waals surface area contributed by atoms with E-state index < -0.39 is 11.8 Å². The van der Waals surface area contributed by atoms with Crippen molar-refractivity contribution in [1.82, 2.24) is 29.4 Å². The van der Waals surface area contributed by atoms with Crippen molar-refractivity contribution in [2.24, 2.45) is 0 Å². The first-order chi connectivity index (χ1) is 18.9. The molecule has 2 aliphatic rings. The number of aromatic carboxylic acids is 1. The highest BCUT2D eigenvalue weighted by Crippen LogP contribution is 2.26. The van der Waals surface area contributed by atoms with Gasteiger partial charge in [-0.1, -0.05) is 23.7 Å². The van der Waals surface area contributed by atoms with Crippen LogP contribution in [-0.4, -0.2) is 66.3 Å². The van der Waals surface area contributed by atoms with Gasteiger partial charge in [0.25, 0.3) is 0 Å². The fourth-order valence-electron chi connectivity index (χ4n) is 4.75. The summed E-state index contributed by atoms with van der Waals surface area (Å²) >= 11 is 5.82. The fourth-order valence-corrected chi connectivity index (χ4v) is 4.91. The van der Waals surface area contributed by atoms with Crippen LogP contribution in [0.15, 0.2) is 42.6 Å². The van der Waals surface area contributed by atoms with E-state index in [-0.39, 0.29) is 18.4 Å². The van der Waals surface area contributed by atoms with Gasteiger partial charge in [-0.25, -0.2) is 19.2 Å². The lowest BCUT2D eigenvalue weighted by atomic mass is 10.1. The number of nitrogens with one attached hydrogen (secondary N) is 1. The van der Waals surface area contributed by atoms with Crippen LogP contribution in [0.3, 0.4) is 0 Å². The number of imidazole rings is 1. The number of aromatic amines is 1. The quantitative estimate of drug-likeness (QED) is 0.315. The number of halogens is 2. The summed E-state index contributed by atoms with van der Waals surface area (Å²) in [7, 11) is 0. The van der Waals surface area contributed by atoms with E-state index in [1.165, 1.54) is 6.07 Å². The summed E-state index contributed by atoms with van der Waals surface area (Å²) < 4.78 is 27.5. The maximum absolute atomic E-state index is 14.1. The average Bonchev–Trinajstić information content (AvgIpc) is 3.45. The van der Waals surface area contributed by atoms with Gasteiger partial charge in [0.05, 0.1) is 24.7 Å². The number of benzene rings is 1. The number of hydrogen-bond acceptors (Lipinski definition) is 7. The number of carbonyl (C=O) groups is 1. The SMILES string of the molecule is O=C(O)c1cc2c(nc(CN3CC=C(c4nccc(OCc5ccc(Cl)cc5F)n4)CC3)n2CC2CCO2)[nH]1. The maximum atomic E-state index is 14.1. The van der Waals surface area contributed by atoms with Crippen LogP contribution in [0.5, 0.6) is 5.88 Å². The molecular formula is C27H26ClFN6O4. The van der Waals surface area contributed by atoms with Crippen molar-refractivity contribution in [3.8, 4) is 5.88 Å². The molecule has 3 aromatic heterocycles. The van der Waals surface area contributed by atoms with Gasteiger partial charge in [-0.05, 0) is 36.6 Å². The Kier molecular flexibility index (Phi) is 7.03. The number of H-pyrrole nitrogens is 1. The Morgan fingerprint density at radius 3 is 2.87 bits per heavy atom. The molecule has 0 bridgehead atoms. The fraction of sp³-hybridized carbons (Fsp3) is 0.333. The Morgan fingerprint density at radius 1 is 1.28 bits per heavy atom. The molecule has 0 radical (unpaired) electrons. The predicted octanol–water partition coefficient (Wildman–Crippen LogP) is 4.30. The van der Waals surface area contributed by atoms with Crippen molar-refractivity contribution in [2.75, 3.05) is 19.7 Å².